The molecule has 0 unspecified atom stereocenters. The minimum atomic E-state index is 0. The van der Waals surface area contributed by atoms with E-state index in [1.165, 1.54) is 19.3 Å². The number of tetrazole rings is 1. The summed E-state index contributed by atoms with van der Waals surface area (Å²) in [5.41, 5.74) is 0.0498. The maximum Gasteiger partial charge on any atom is 0.151 e. The van der Waals surface area contributed by atoms with Crippen molar-refractivity contribution in [3.05, 3.63) is 5.82 Å². The van der Waals surface area contributed by atoms with E-state index in [4.69, 9.17) is 0 Å². The first-order valence-corrected chi connectivity index (χ1v) is 7.15. The molecule has 3 heterocycles. The molecule has 0 aliphatic carbocycles. The van der Waals surface area contributed by atoms with Gasteiger partial charge in [0.25, 0.3) is 0 Å². The van der Waals surface area contributed by atoms with Crippen LogP contribution >= 0.6 is 12.4 Å². The molecule has 3 atom stereocenters. The quantitative estimate of drug-likeness (QED) is 0.857. The van der Waals surface area contributed by atoms with Gasteiger partial charge in [-0.3, -0.25) is 0 Å². The van der Waals surface area contributed by atoms with Gasteiger partial charge in [-0.1, -0.05) is 20.3 Å². The third-order valence-corrected chi connectivity index (χ3v) is 4.76. The fourth-order valence-corrected chi connectivity index (χ4v) is 3.53. The molecule has 1 aromatic heterocycles. The average molecular weight is 286 g/mol. The molecule has 6 heteroatoms. The largest absolute Gasteiger partial charge is 0.308 e. The third-order valence-electron chi connectivity index (χ3n) is 4.76. The molecule has 1 fully saturated rings. The van der Waals surface area contributed by atoms with Gasteiger partial charge in [-0.15, -0.1) is 17.5 Å². The summed E-state index contributed by atoms with van der Waals surface area (Å²) in [5, 5.41) is 16.2. The monoisotopic (exact) mass is 285 g/mol. The summed E-state index contributed by atoms with van der Waals surface area (Å²) in [7, 11) is 0. The summed E-state index contributed by atoms with van der Waals surface area (Å²) >= 11 is 0. The van der Waals surface area contributed by atoms with Crippen LogP contribution in [0.3, 0.4) is 0 Å². The van der Waals surface area contributed by atoms with Gasteiger partial charge in [0, 0.05) is 18.5 Å². The Balaban J connectivity index is 0.00000133. The van der Waals surface area contributed by atoms with Crippen molar-refractivity contribution in [3.8, 4) is 0 Å². The molecule has 2 aliphatic heterocycles. The van der Waals surface area contributed by atoms with Crippen molar-refractivity contribution in [1.29, 1.82) is 0 Å². The van der Waals surface area contributed by atoms with Crippen LogP contribution in [0.2, 0.25) is 0 Å². The second-order valence-corrected chi connectivity index (χ2v) is 6.38. The van der Waals surface area contributed by atoms with Crippen molar-refractivity contribution in [1.82, 2.24) is 25.5 Å². The van der Waals surface area contributed by atoms with Crippen LogP contribution in [-0.2, 0) is 12.0 Å². The van der Waals surface area contributed by atoms with E-state index in [2.05, 4.69) is 46.3 Å². The molecule has 1 aromatic rings. The van der Waals surface area contributed by atoms with Gasteiger partial charge in [0.2, 0.25) is 0 Å². The highest BCUT2D eigenvalue weighted by atomic mass is 35.5. The predicted octanol–water partition coefficient (Wildman–Crippen LogP) is 1.92. The maximum atomic E-state index is 4.28. The van der Waals surface area contributed by atoms with Gasteiger partial charge in [-0.2, -0.15) is 0 Å². The summed E-state index contributed by atoms with van der Waals surface area (Å²) in [6.45, 7) is 6.90. The van der Waals surface area contributed by atoms with Crippen LogP contribution in [-0.4, -0.2) is 32.3 Å². The van der Waals surface area contributed by atoms with E-state index in [0.717, 1.165) is 18.7 Å². The molecule has 0 aromatic carbocycles. The Bertz CT molecular complexity index is 432. The number of rotatable bonds is 1. The van der Waals surface area contributed by atoms with E-state index >= 15 is 0 Å². The Morgan fingerprint density at radius 1 is 1.37 bits per heavy atom. The average Bonchev–Trinajstić information content (AvgIpc) is 2.88. The lowest BCUT2D eigenvalue weighted by Gasteiger charge is -2.33. The fourth-order valence-electron chi connectivity index (χ4n) is 3.53. The van der Waals surface area contributed by atoms with E-state index < -0.39 is 0 Å². The Kier molecular flexibility index (Phi) is 4.16. The lowest BCUT2D eigenvalue weighted by molar-refractivity contribution is 0.215. The molecule has 108 valence electrons. The summed E-state index contributed by atoms with van der Waals surface area (Å²) in [4.78, 5) is 0. The SMILES string of the molecule is CC(C)[C@@H]1C[C@@]2(C)[C@H](CCCCc3nnnn32)N1.Cl. The van der Waals surface area contributed by atoms with E-state index in [1.807, 2.05) is 0 Å². The number of halogens is 1. The maximum absolute atomic E-state index is 4.28. The van der Waals surface area contributed by atoms with E-state index in [1.54, 1.807) is 0 Å². The Morgan fingerprint density at radius 3 is 2.89 bits per heavy atom. The Morgan fingerprint density at radius 2 is 2.16 bits per heavy atom. The molecule has 0 amide bonds. The van der Waals surface area contributed by atoms with Crippen LogP contribution < -0.4 is 5.32 Å². The van der Waals surface area contributed by atoms with Crippen molar-refractivity contribution >= 4 is 12.4 Å². The van der Waals surface area contributed by atoms with Crippen molar-refractivity contribution in [3.63, 3.8) is 0 Å². The molecule has 0 saturated carbocycles. The lowest BCUT2D eigenvalue weighted by atomic mass is 9.85. The minimum absolute atomic E-state index is 0. The molecule has 0 bridgehead atoms. The number of fused-ring (bicyclic) bond motifs is 3. The minimum Gasteiger partial charge on any atom is -0.308 e. The number of hydrogen-bond donors (Lipinski definition) is 1. The molecule has 5 nitrogen and oxygen atoms in total. The highest BCUT2D eigenvalue weighted by Crippen LogP contribution is 2.38. The summed E-state index contributed by atoms with van der Waals surface area (Å²) in [5.74, 6) is 1.73. The van der Waals surface area contributed by atoms with E-state index in [0.29, 0.717) is 18.0 Å². The zero-order chi connectivity index (χ0) is 12.8. The number of nitrogens with one attached hydrogen (secondary N) is 1. The lowest BCUT2D eigenvalue weighted by Crippen LogP contribution is -2.45. The summed E-state index contributed by atoms with van der Waals surface area (Å²) < 4.78 is 2.10. The molecular formula is C13H24ClN5. The normalized spacial score (nSPS) is 34.1. The second-order valence-electron chi connectivity index (χ2n) is 6.38. The molecule has 0 spiro atoms. The first-order valence-electron chi connectivity index (χ1n) is 7.15. The topological polar surface area (TPSA) is 55.6 Å². The van der Waals surface area contributed by atoms with Gasteiger partial charge in [0.1, 0.15) is 0 Å². The van der Waals surface area contributed by atoms with Gasteiger partial charge in [-0.25, -0.2) is 4.68 Å². The fraction of sp³-hybridized carbons (Fsp3) is 0.923. The Hall–Kier alpha value is -0.680. The second kappa shape index (κ2) is 5.37. The van der Waals surface area contributed by atoms with Crippen molar-refractivity contribution in [2.45, 2.75) is 70.5 Å². The zero-order valence-electron chi connectivity index (χ0n) is 12.0. The zero-order valence-corrected chi connectivity index (χ0v) is 12.8. The standard InChI is InChI=1S/C13H23N5.ClH/c1-9(2)10-8-13(3)11(14-10)6-4-5-7-12-15-16-17-18(12)13;/h9-11,14H,4-8H2,1-3H3;1H/t10-,11-,13-;/m0./s1. The third kappa shape index (κ3) is 2.38. The van der Waals surface area contributed by atoms with Gasteiger partial charge < -0.3 is 5.32 Å². The van der Waals surface area contributed by atoms with Crippen LogP contribution in [0.15, 0.2) is 0 Å². The number of aromatic nitrogens is 4. The first-order chi connectivity index (χ1) is 8.61. The van der Waals surface area contributed by atoms with Gasteiger partial charge in [0.15, 0.2) is 5.82 Å². The van der Waals surface area contributed by atoms with Crippen molar-refractivity contribution < 1.29 is 0 Å². The van der Waals surface area contributed by atoms with Crippen molar-refractivity contribution in [2.24, 2.45) is 5.92 Å². The van der Waals surface area contributed by atoms with Crippen LogP contribution in [0.4, 0.5) is 0 Å². The van der Waals surface area contributed by atoms with Crippen molar-refractivity contribution in [2.75, 3.05) is 0 Å². The van der Waals surface area contributed by atoms with Crippen LogP contribution in [0.25, 0.3) is 0 Å². The Labute approximate surface area is 120 Å². The molecule has 2 aliphatic rings. The molecule has 3 rings (SSSR count). The van der Waals surface area contributed by atoms with Crippen LogP contribution in [0.1, 0.15) is 52.3 Å². The number of aryl methyl sites for hydroxylation is 1. The first kappa shape index (κ1) is 14.7. The molecule has 0 radical (unpaired) electrons. The van der Waals surface area contributed by atoms with Crippen LogP contribution in [0, 0.1) is 5.92 Å². The summed E-state index contributed by atoms with van der Waals surface area (Å²) in [6.07, 6.45) is 5.85. The van der Waals surface area contributed by atoms with E-state index in [9.17, 15) is 0 Å². The number of hydrogen-bond acceptors (Lipinski definition) is 4. The molecular weight excluding hydrogens is 262 g/mol. The number of nitrogens with zero attached hydrogens (tertiary/aromatic N) is 4. The molecule has 19 heavy (non-hydrogen) atoms. The van der Waals surface area contributed by atoms with Gasteiger partial charge >= 0.3 is 0 Å². The molecule has 1 N–H and O–H groups in total. The summed E-state index contributed by atoms with van der Waals surface area (Å²) in [6, 6.07) is 1.09. The highest BCUT2D eigenvalue weighted by Gasteiger charge is 2.47. The van der Waals surface area contributed by atoms with Crippen LogP contribution in [0.5, 0.6) is 0 Å². The van der Waals surface area contributed by atoms with Gasteiger partial charge in [0.05, 0.1) is 5.54 Å². The predicted molar refractivity (Wildman–Crippen MR) is 76.4 cm³/mol. The molecule has 1 saturated heterocycles. The van der Waals surface area contributed by atoms with E-state index in [-0.39, 0.29) is 17.9 Å². The van der Waals surface area contributed by atoms with Gasteiger partial charge in [-0.05, 0) is 42.5 Å². The smallest absolute Gasteiger partial charge is 0.151 e. The highest BCUT2D eigenvalue weighted by molar-refractivity contribution is 5.85.